The molecular formula is C52H35NS. The molecule has 0 bridgehead atoms. The molecule has 0 aliphatic rings. The molecule has 254 valence electrons. The van der Waals surface area contributed by atoms with Crippen LogP contribution < -0.4 is 4.90 Å². The average molecular weight is 707 g/mol. The number of hydrogen-bond donors (Lipinski definition) is 0. The van der Waals surface area contributed by atoms with Gasteiger partial charge in [0.15, 0.2) is 0 Å². The minimum absolute atomic E-state index is 0.539. The lowest BCUT2D eigenvalue weighted by atomic mass is 9.97. The zero-order valence-corrected chi connectivity index (χ0v) is 30.3. The highest BCUT2D eigenvalue weighted by atomic mass is 32.1. The van der Waals surface area contributed by atoms with Crippen LogP contribution in [0.1, 0.15) is 1.37 Å². The molecular weight excluding hydrogens is 671 g/mol. The molecule has 10 rings (SSSR count). The van der Waals surface area contributed by atoms with E-state index in [-0.39, 0.29) is 0 Å². The van der Waals surface area contributed by atoms with E-state index in [1.165, 1.54) is 58.9 Å². The fraction of sp³-hybridized carbons (Fsp3) is 0. The standard InChI is InChI=1S/C52H35NS/c1-2-10-36(11-3-1)37-20-22-38(23-21-37)39-24-29-44(30-25-39)53(45-31-26-41(27-32-45)48-18-9-13-40-12-4-5-16-47(40)48)46-15-8-14-42(34-46)43-28-33-52-50(35-43)49-17-6-7-19-51(49)54-52/h1-35H/i6D. The van der Waals surface area contributed by atoms with Crippen molar-refractivity contribution in [2.75, 3.05) is 4.90 Å². The number of hydrogen-bond acceptors (Lipinski definition) is 2. The second-order valence-electron chi connectivity index (χ2n) is 13.7. The van der Waals surface area contributed by atoms with Gasteiger partial charge < -0.3 is 4.90 Å². The summed E-state index contributed by atoms with van der Waals surface area (Å²) in [5.41, 5.74) is 12.8. The van der Waals surface area contributed by atoms with Gasteiger partial charge in [-0.05, 0) is 110 Å². The van der Waals surface area contributed by atoms with E-state index in [0.717, 1.165) is 33.6 Å². The summed E-state index contributed by atoms with van der Waals surface area (Å²) >= 11 is 1.78. The fourth-order valence-electron chi connectivity index (χ4n) is 7.67. The summed E-state index contributed by atoms with van der Waals surface area (Å²) in [5, 5.41) is 4.84. The molecule has 0 saturated heterocycles. The predicted octanol–water partition coefficient (Wildman–Crippen LogP) is 15.3. The van der Waals surface area contributed by atoms with Gasteiger partial charge in [-0.1, -0.05) is 158 Å². The molecule has 54 heavy (non-hydrogen) atoms. The topological polar surface area (TPSA) is 3.24 Å². The summed E-state index contributed by atoms with van der Waals surface area (Å²) < 4.78 is 10.7. The Hall–Kier alpha value is -6.74. The van der Waals surface area contributed by atoms with E-state index >= 15 is 0 Å². The smallest absolute Gasteiger partial charge is 0.0623 e. The molecule has 1 aromatic heterocycles. The molecule has 1 nitrogen and oxygen atoms in total. The normalized spacial score (nSPS) is 11.6. The predicted molar refractivity (Wildman–Crippen MR) is 233 cm³/mol. The van der Waals surface area contributed by atoms with E-state index in [1.807, 2.05) is 12.1 Å². The SMILES string of the molecule is [2H]c1ccc2sc3ccc(-c4cccc(N(c5ccc(-c6ccc(-c7ccccc7)cc6)cc5)c5ccc(-c6cccc7ccccc67)cc5)c4)cc3c2c1. The van der Waals surface area contributed by atoms with E-state index in [9.17, 15) is 0 Å². The summed E-state index contributed by atoms with van der Waals surface area (Å²) in [4.78, 5) is 2.35. The van der Waals surface area contributed by atoms with Crippen molar-refractivity contribution in [2.24, 2.45) is 0 Å². The Kier molecular flexibility index (Phi) is 7.81. The van der Waals surface area contributed by atoms with Gasteiger partial charge in [-0.3, -0.25) is 0 Å². The third kappa shape index (κ3) is 5.93. The highest BCUT2D eigenvalue weighted by Gasteiger charge is 2.16. The Bertz CT molecular complexity index is 2960. The third-order valence-electron chi connectivity index (χ3n) is 10.4. The Labute approximate surface area is 321 Å². The number of benzene rings is 9. The first kappa shape index (κ1) is 30.8. The van der Waals surface area contributed by atoms with Gasteiger partial charge in [0.25, 0.3) is 0 Å². The number of anilines is 3. The van der Waals surface area contributed by atoms with Crippen molar-refractivity contribution in [3.8, 4) is 44.5 Å². The summed E-state index contributed by atoms with van der Waals surface area (Å²) in [6.07, 6.45) is 0. The minimum Gasteiger partial charge on any atom is -0.310 e. The van der Waals surface area contributed by atoms with Crippen LogP contribution in [0.5, 0.6) is 0 Å². The van der Waals surface area contributed by atoms with E-state index in [0.29, 0.717) is 6.04 Å². The van der Waals surface area contributed by atoms with E-state index in [1.54, 1.807) is 11.3 Å². The van der Waals surface area contributed by atoms with E-state index in [4.69, 9.17) is 1.37 Å². The highest BCUT2D eigenvalue weighted by molar-refractivity contribution is 7.25. The van der Waals surface area contributed by atoms with Crippen LogP contribution in [-0.2, 0) is 0 Å². The molecule has 0 amide bonds. The lowest BCUT2D eigenvalue weighted by Gasteiger charge is -2.26. The zero-order chi connectivity index (χ0) is 36.7. The molecule has 0 spiro atoms. The summed E-state index contributed by atoms with van der Waals surface area (Å²) in [6, 6.07) is 74.4. The Morgan fingerprint density at radius 1 is 0.333 bits per heavy atom. The Morgan fingerprint density at radius 2 is 0.889 bits per heavy atom. The molecule has 1 heterocycles. The third-order valence-corrected chi connectivity index (χ3v) is 11.6. The molecule has 0 atom stereocenters. The van der Waals surface area contributed by atoms with Gasteiger partial charge in [0.1, 0.15) is 0 Å². The van der Waals surface area contributed by atoms with Crippen molar-refractivity contribution in [3.05, 3.63) is 212 Å². The molecule has 0 fully saturated rings. The lowest BCUT2D eigenvalue weighted by molar-refractivity contribution is 1.28. The van der Waals surface area contributed by atoms with Gasteiger partial charge in [-0.15, -0.1) is 11.3 Å². The molecule has 0 saturated carbocycles. The monoisotopic (exact) mass is 706 g/mol. The van der Waals surface area contributed by atoms with Crippen LogP contribution in [0.15, 0.2) is 212 Å². The summed E-state index contributed by atoms with van der Waals surface area (Å²) in [6.45, 7) is 0. The number of rotatable bonds is 7. The van der Waals surface area contributed by atoms with Gasteiger partial charge in [0.2, 0.25) is 0 Å². The van der Waals surface area contributed by atoms with Crippen molar-refractivity contribution in [3.63, 3.8) is 0 Å². The largest absolute Gasteiger partial charge is 0.310 e. The van der Waals surface area contributed by atoms with Gasteiger partial charge in [-0.25, -0.2) is 0 Å². The minimum atomic E-state index is 0.539. The molecule has 0 aliphatic heterocycles. The zero-order valence-electron chi connectivity index (χ0n) is 30.5. The summed E-state index contributed by atoms with van der Waals surface area (Å²) in [7, 11) is 0. The van der Waals surface area contributed by atoms with E-state index in [2.05, 4.69) is 199 Å². The van der Waals surface area contributed by atoms with Crippen LogP contribution in [0.4, 0.5) is 17.1 Å². The number of nitrogens with zero attached hydrogens (tertiary/aromatic N) is 1. The first-order valence-corrected chi connectivity index (χ1v) is 19.1. The number of fused-ring (bicyclic) bond motifs is 4. The highest BCUT2D eigenvalue weighted by Crippen LogP contribution is 2.41. The second-order valence-corrected chi connectivity index (χ2v) is 14.8. The van der Waals surface area contributed by atoms with Gasteiger partial charge in [0, 0.05) is 37.2 Å². The quantitative estimate of drug-likeness (QED) is 0.159. The van der Waals surface area contributed by atoms with Gasteiger partial charge in [-0.2, -0.15) is 0 Å². The van der Waals surface area contributed by atoms with Crippen molar-refractivity contribution in [1.29, 1.82) is 0 Å². The molecule has 0 N–H and O–H groups in total. The van der Waals surface area contributed by atoms with Crippen LogP contribution in [0.2, 0.25) is 0 Å². The maximum Gasteiger partial charge on any atom is 0.0623 e. The lowest BCUT2D eigenvalue weighted by Crippen LogP contribution is -2.10. The average Bonchev–Trinajstić information content (AvgIpc) is 3.62. The molecule has 2 heteroatoms. The van der Waals surface area contributed by atoms with Gasteiger partial charge >= 0.3 is 0 Å². The number of thiophene rings is 1. The molecule has 9 aromatic carbocycles. The first-order valence-electron chi connectivity index (χ1n) is 18.8. The van der Waals surface area contributed by atoms with Crippen LogP contribution in [0.25, 0.3) is 75.5 Å². The fourth-order valence-corrected chi connectivity index (χ4v) is 8.74. The van der Waals surface area contributed by atoms with Crippen molar-refractivity contribution in [2.45, 2.75) is 0 Å². The first-order chi connectivity index (χ1) is 27.1. The molecule has 0 aliphatic carbocycles. The maximum atomic E-state index is 8.25. The van der Waals surface area contributed by atoms with Gasteiger partial charge in [0.05, 0.1) is 1.37 Å². The maximum absolute atomic E-state index is 8.25. The Morgan fingerprint density at radius 3 is 1.65 bits per heavy atom. The van der Waals surface area contributed by atoms with Crippen molar-refractivity contribution in [1.82, 2.24) is 0 Å². The van der Waals surface area contributed by atoms with E-state index < -0.39 is 0 Å². The van der Waals surface area contributed by atoms with Crippen LogP contribution in [0, 0.1) is 0 Å². The molecule has 0 unspecified atom stereocenters. The van der Waals surface area contributed by atoms with Crippen LogP contribution in [-0.4, -0.2) is 0 Å². The molecule has 0 radical (unpaired) electrons. The Balaban J connectivity index is 1.04. The van der Waals surface area contributed by atoms with Crippen molar-refractivity contribution >= 4 is 59.3 Å². The van der Waals surface area contributed by atoms with Crippen LogP contribution in [0.3, 0.4) is 0 Å². The summed E-state index contributed by atoms with van der Waals surface area (Å²) in [5.74, 6) is 0. The van der Waals surface area contributed by atoms with Crippen molar-refractivity contribution < 1.29 is 1.37 Å². The molecule has 10 aromatic rings. The second kappa shape index (κ2) is 13.7. The van der Waals surface area contributed by atoms with Crippen LogP contribution >= 0.6 is 11.3 Å².